The summed E-state index contributed by atoms with van der Waals surface area (Å²) in [5, 5.41) is 0. The first kappa shape index (κ1) is 16.1. The van der Waals surface area contributed by atoms with Gasteiger partial charge in [0.1, 0.15) is 5.75 Å². The molecule has 0 unspecified atom stereocenters. The van der Waals surface area contributed by atoms with E-state index in [0.717, 1.165) is 6.07 Å². The molecular weight excluding hydrogens is 315 g/mol. The largest absolute Gasteiger partial charge is 0.495 e. The molecule has 2 aromatic carbocycles. The zero-order valence-electron chi connectivity index (χ0n) is 12.8. The number of alkyl halides is 3. The monoisotopic (exact) mass is 329 g/mol. The van der Waals surface area contributed by atoms with Crippen molar-refractivity contribution in [1.29, 1.82) is 0 Å². The SMILES string of the molecule is COc1c(-c2ccccc2)cc(-c2ccncc2)cc1C(F)(F)F. The molecule has 0 amide bonds. The minimum absolute atomic E-state index is 0.175. The van der Waals surface area contributed by atoms with E-state index >= 15 is 0 Å². The van der Waals surface area contributed by atoms with Gasteiger partial charge < -0.3 is 4.74 Å². The quantitative estimate of drug-likeness (QED) is 0.638. The average molecular weight is 329 g/mol. The van der Waals surface area contributed by atoms with E-state index in [1.165, 1.54) is 7.11 Å². The predicted molar refractivity (Wildman–Crippen MR) is 86.7 cm³/mol. The van der Waals surface area contributed by atoms with Gasteiger partial charge in [-0.1, -0.05) is 30.3 Å². The van der Waals surface area contributed by atoms with Crippen LogP contribution in [0.4, 0.5) is 13.2 Å². The second-order valence-electron chi connectivity index (χ2n) is 5.20. The topological polar surface area (TPSA) is 22.1 Å². The van der Waals surface area contributed by atoms with E-state index in [1.54, 1.807) is 54.9 Å². The number of halogens is 3. The van der Waals surface area contributed by atoms with Crippen molar-refractivity contribution >= 4 is 0 Å². The molecule has 0 radical (unpaired) electrons. The second kappa shape index (κ2) is 6.35. The first-order chi connectivity index (χ1) is 11.5. The first-order valence-electron chi connectivity index (χ1n) is 7.26. The van der Waals surface area contributed by atoms with Gasteiger partial charge in [-0.05, 0) is 41.0 Å². The molecule has 0 spiro atoms. The van der Waals surface area contributed by atoms with E-state index in [2.05, 4.69) is 4.98 Å². The minimum atomic E-state index is -4.52. The molecule has 0 saturated heterocycles. The molecule has 0 aliphatic heterocycles. The summed E-state index contributed by atoms with van der Waals surface area (Å²) in [6.07, 6.45) is -1.41. The number of benzene rings is 2. The van der Waals surface area contributed by atoms with E-state index in [0.29, 0.717) is 22.3 Å². The van der Waals surface area contributed by atoms with Gasteiger partial charge in [0.15, 0.2) is 0 Å². The Morgan fingerprint density at radius 1 is 0.833 bits per heavy atom. The molecule has 0 atom stereocenters. The highest BCUT2D eigenvalue weighted by Crippen LogP contribution is 2.44. The molecular formula is C19H14F3NO. The maximum Gasteiger partial charge on any atom is 0.420 e. The standard InChI is InChI=1S/C19H14F3NO/c1-24-18-16(14-5-3-2-4-6-14)11-15(12-17(18)19(20,21)22)13-7-9-23-10-8-13/h2-12H,1H3. The lowest BCUT2D eigenvalue weighted by Crippen LogP contribution is -2.09. The molecule has 122 valence electrons. The van der Waals surface area contributed by atoms with Gasteiger partial charge in [-0.15, -0.1) is 0 Å². The summed E-state index contributed by atoms with van der Waals surface area (Å²) < 4.78 is 45.7. The number of aromatic nitrogens is 1. The molecule has 0 aliphatic carbocycles. The average Bonchev–Trinajstić information content (AvgIpc) is 2.61. The highest BCUT2D eigenvalue weighted by Gasteiger charge is 2.36. The lowest BCUT2D eigenvalue weighted by molar-refractivity contribution is -0.138. The van der Waals surface area contributed by atoms with Crippen LogP contribution in [0.25, 0.3) is 22.3 Å². The molecule has 0 saturated carbocycles. The Balaban J connectivity index is 2.31. The number of hydrogen-bond acceptors (Lipinski definition) is 2. The van der Waals surface area contributed by atoms with Crippen LogP contribution < -0.4 is 4.74 Å². The van der Waals surface area contributed by atoms with Crippen LogP contribution in [0.5, 0.6) is 5.75 Å². The molecule has 0 bridgehead atoms. The number of rotatable bonds is 3. The number of hydrogen-bond donors (Lipinski definition) is 0. The molecule has 24 heavy (non-hydrogen) atoms. The van der Waals surface area contributed by atoms with Crippen LogP contribution >= 0.6 is 0 Å². The van der Waals surface area contributed by atoms with Crippen molar-refractivity contribution in [2.24, 2.45) is 0 Å². The lowest BCUT2D eigenvalue weighted by atomic mass is 9.95. The maximum absolute atomic E-state index is 13.5. The van der Waals surface area contributed by atoms with Gasteiger partial charge in [-0.25, -0.2) is 0 Å². The van der Waals surface area contributed by atoms with Gasteiger partial charge in [0.2, 0.25) is 0 Å². The summed E-state index contributed by atoms with van der Waals surface area (Å²) in [4.78, 5) is 3.91. The third kappa shape index (κ3) is 3.11. The van der Waals surface area contributed by atoms with Crippen molar-refractivity contribution in [3.63, 3.8) is 0 Å². The third-order valence-electron chi connectivity index (χ3n) is 3.70. The van der Waals surface area contributed by atoms with Gasteiger partial charge >= 0.3 is 6.18 Å². The van der Waals surface area contributed by atoms with E-state index in [9.17, 15) is 13.2 Å². The molecule has 1 heterocycles. The Morgan fingerprint density at radius 2 is 1.50 bits per heavy atom. The Labute approximate surface area is 137 Å². The van der Waals surface area contributed by atoms with Crippen LogP contribution in [0.2, 0.25) is 0 Å². The summed E-state index contributed by atoms with van der Waals surface area (Å²) in [5.41, 5.74) is 1.40. The smallest absolute Gasteiger partial charge is 0.420 e. The number of methoxy groups -OCH3 is 1. The van der Waals surface area contributed by atoms with Crippen molar-refractivity contribution in [3.8, 4) is 28.0 Å². The summed E-state index contributed by atoms with van der Waals surface area (Å²) in [5.74, 6) is -0.175. The van der Waals surface area contributed by atoms with Crippen molar-refractivity contribution in [3.05, 3.63) is 72.6 Å². The van der Waals surface area contributed by atoms with Crippen LogP contribution in [0.1, 0.15) is 5.56 Å². The van der Waals surface area contributed by atoms with Crippen molar-refractivity contribution < 1.29 is 17.9 Å². The zero-order valence-corrected chi connectivity index (χ0v) is 12.8. The summed E-state index contributed by atoms with van der Waals surface area (Å²) in [6.45, 7) is 0. The van der Waals surface area contributed by atoms with Crippen molar-refractivity contribution in [1.82, 2.24) is 4.98 Å². The Kier molecular flexibility index (Phi) is 4.25. The van der Waals surface area contributed by atoms with Crippen molar-refractivity contribution in [2.75, 3.05) is 7.11 Å². The Morgan fingerprint density at radius 3 is 2.08 bits per heavy atom. The van der Waals surface area contributed by atoms with Gasteiger partial charge in [0.25, 0.3) is 0 Å². The van der Waals surface area contributed by atoms with Gasteiger partial charge in [-0.2, -0.15) is 13.2 Å². The lowest BCUT2D eigenvalue weighted by Gasteiger charge is -2.18. The number of ether oxygens (including phenoxy) is 1. The van der Waals surface area contributed by atoms with Crippen LogP contribution in [-0.2, 0) is 6.18 Å². The summed E-state index contributed by atoms with van der Waals surface area (Å²) >= 11 is 0. The summed E-state index contributed by atoms with van der Waals surface area (Å²) in [7, 11) is 1.25. The van der Waals surface area contributed by atoms with Crippen LogP contribution in [-0.4, -0.2) is 12.1 Å². The Bertz CT molecular complexity index is 830. The van der Waals surface area contributed by atoms with E-state index in [4.69, 9.17) is 4.74 Å². The molecule has 0 N–H and O–H groups in total. The zero-order chi connectivity index (χ0) is 17.2. The molecule has 3 rings (SSSR count). The molecule has 0 aliphatic rings. The van der Waals surface area contributed by atoms with Crippen LogP contribution in [0.15, 0.2) is 67.0 Å². The molecule has 5 heteroatoms. The normalized spacial score (nSPS) is 11.3. The van der Waals surface area contributed by atoms with Crippen LogP contribution in [0.3, 0.4) is 0 Å². The highest BCUT2D eigenvalue weighted by molar-refractivity contribution is 5.79. The van der Waals surface area contributed by atoms with E-state index in [-0.39, 0.29) is 5.75 Å². The molecule has 3 aromatic rings. The number of pyridine rings is 1. The number of nitrogens with zero attached hydrogens (tertiary/aromatic N) is 1. The third-order valence-corrected chi connectivity index (χ3v) is 3.70. The van der Waals surface area contributed by atoms with Crippen molar-refractivity contribution in [2.45, 2.75) is 6.18 Å². The second-order valence-corrected chi connectivity index (χ2v) is 5.20. The molecule has 1 aromatic heterocycles. The van der Waals surface area contributed by atoms with Gasteiger partial charge in [0, 0.05) is 18.0 Å². The molecule has 0 fully saturated rings. The highest BCUT2D eigenvalue weighted by atomic mass is 19.4. The van der Waals surface area contributed by atoms with E-state index < -0.39 is 11.7 Å². The maximum atomic E-state index is 13.5. The van der Waals surface area contributed by atoms with Gasteiger partial charge in [0.05, 0.1) is 12.7 Å². The fourth-order valence-electron chi connectivity index (χ4n) is 2.60. The fraction of sp³-hybridized carbons (Fsp3) is 0.105. The van der Waals surface area contributed by atoms with Crippen LogP contribution in [0, 0.1) is 0 Å². The Hall–Kier alpha value is -2.82. The molecule has 2 nitrogen and oxygen atoms in total. The fourth-order valence-corrected chi connectivity index (χ4v) is 2.60. The summed E-state index contributed by atoms with van der Waals surface area (Å²) in [6, 6.07) is 15.1. The predicted octanol–water partition coefficient (Wildman–Crippen LogP) is 5.44. The minimum Gasteiger partial charge on any atom is -0.495 e. The van der Waals surface area contributed by atoms with E-state index in [1.807, 2.05) is 6.07 Å². The van der Waals surface area contributed by atoms with Gasteiger partial charge in [-0.3, -0.25) is 4.98 Å². The first-order valence-corrected chi connectivity index (χ1v) is 7.26.